The largest absolute Gasteiger partial charge is 0.497 e. The third-order valence-corrected chi connectivity index (χ3v) is 4.29. The zero-order valence-corrected chi connectivity index (χ0v) is 13.6. The molecule has 22 heavy (non-hydrogen) atoms. The molecule has 0 unspecified atom stereocenters. The number of hydrogen-bond donors (Lipinski definition) is 1. The first-order chi connectivity index (χ1) is 10.6. The summed E-state index contributed by atoms with van der Waals surface area (Å²) in [6.45, 7) is 2.21. The summed E-state index contributed by atoms with van der Waals surface area (Å²) in [4.78, 5) is 12.1. The van der Waals surface area contributed by atoms with Crippen molar-refractivity contribution in [3.05, 3.63) is 29.8 Å². The third kappa shape index (κ3) is 4.26. The fraction of sp³-hybridized carbons (Fsp3) is 0.500. The average molecular weight is 303 g/mol. The summed E-state index contributed by atoms with van der Waals surface area (Å²) in [7, 11) is 3.22. The second-order valence-corrected chi connectivity index (χ2v) is 5.82. The zero-order valence-electron chi connectivity index (χ0n) is 13.6. The van der Waals surface area contributed by atoms with Gasteiger partial charge < -0.3 is 14.8 Å². The maximum atomic E-state index is 12.1. The van der Waals surface area contributed by atoms with Crippen molar-refractivity contribution in [2.24, 2.45) is 5.92 Å². The van der Waals surface area contributed by atoms with Crippen LogP contribution in [0.15, 0.2) is 24.3 Å². The van der Waals surface area contributed by atoms with E-state index in [0.717, 1.165) is 17.7 Å². The van der Waals surface area contributed by atoms with E-state index in [9.17, 15) is 4.79 Å². The molecule has 1 saturated carbocycles. The molecule has 0 aromatic heterocycles. The molecule has 0 radical (unpaired) electrons. The van der Waals surface area contributed by atoms with E-state index in [1.807, 2.05) is 12.1 Å². The maximum absolute atomic E-state index is 12.1. The van der Waals surface area contributed by atoms with Crippen LogP contribution >= 0.6 is 0 Å². The standard InChI is InChI=1S/C18H25NO3/c1-13-6-4-5-7-16(13)19-18(20)11-9-14-8-10-15(21-2)12-17(14)22-3/h8-13,16H,4-7H2,1-3H3,(H,19,20)/b11-9+/t13-,16-/m1/s1. The van der Waals surface area contributed by atoms with Crippen LogP contribution in [0.25, 0.3) is 6.08 Å². The fourth-order valence-corrected chi connectivity index (χ4v) is 2.88. The summed E-state index contributed by atoms with van der Waals surface area (Å²) in [6, 6.07) is 5.83. The van der Waals surface area contributed by atoms with Gasteiger partial charge in [-0.15, -0.1) is 0 Å². The van der Waals surface area contributed by atoms with Gasteiger partial charge in [0.05, 0.1) is 14.2 Å². The lowest BCUT2D eigenvalue weighted by Gasteiger charge is -2.29. The number of carbonyl (C=O) groups is 1. The van der Waals surface area contributed by atoms with E-state index < -0.39 is 0 Å². The second kappa shape index (κ2) is 7.87. The molecule has 1 fully saturated rings. The van der Waals surface area contributed by atoms with Crippen LogP contribution < -0.4 is 14.8 Å². The van der Waals surface area contributed by atoms with Crippen LogP contribution in [0.1, 0.15) is 38.2 Å². The Morgan fingerprint density at radius 1 is 1.23 bits per heavy atom. The molecule has 1 amide bonds. The first kappa shape index (κ1) is 16.4. The van der Waals surface area contributed by atoms with Crippen molar-refractivity contribution in [3.63, 3.8) is 0 Å². The predicted molar refractivity (Wildman–Crippen MR) is 88.1 cm³/mol. The highest BCUT2D eigenvalue weighted by Crippen LogP contribution is 2.26. The summed E-state index contributed by atoms with van der Waals surface area (Å²) in [6.07, 6.45) is 8.10. The zero-order chi connectivity index (χ0) is 15.9. The molecule has 1 aliphatic carbocycles. The van der Waals surface area contributed by atoms with Crippen LogP contribution in [0.5, 0.6) is 11.5 Å². The van der Waals surface area contributed by atoms with Gasteiger partial charge in [0, 0.05) is 23.7 Å². The molecule has 1 aromatic carbocycles. The highest BCUT2D eigenvalue weighted by molar-refractivity contribution is 5.92. The topological polar surface area (TPSA) is 47.6 Å². The van der Waals surface area contributed by atoms with Gasteiger partial charge in [-0.2, -0.15) is 0 Å². The van der Waals surface area contributed by atoms with Crippen LogP contribution in [0, 0.1) is 5.92 Å². The molecule has 1 aliphatic rings. The van der Waals surface area contributed by atoms with Gasteiger partial charge in [-0.05, 0) is 37.0 Å². The molecule has 0 saturated heterocycles. The molecule has 0 bridgehead atoms. The number of amides is 1. The maximum Gasteiger partial charge on any atom is 0.244 e. The molecular weight excluding hydrogens is 278 g/mol. The molecule has 0 spiro atoms. The van der Waals surface area contributed by atoms with Crippen LogP contribution in [0.2, 0.25) is 0 Å². The Hall–Kier alpha value is -1.97. The minimum Gasteiger partial charge on any atom is -0.497 e. The van der Waals surface area contributed by atoms with Crippen molar-refractivity contribution in [1.29, 1.82) is 0 Å². The number of carbonyl (C=O) groups excluding carboxylic acids is 1. The molecule has 4 heteroatoms. The van der Waals surface area contributed by atoms with Crippen LogP contribution in [0.3, 0.4) is 0 Å². The van der Waals surface area contributed by atoms with Crippen molar-refractivity contribution < 1.29 is 14.3 Å². The number of rotatable bonds is 5. The normalized spacial score (nSPS) is 21.6. The van der Waals surface area contributed by atoms with Gasteiger partial charge in [0.2, 0.25) is 5.91 Å². The summed E-state index contributed by atoms with van der Waals surface area (Å²) in [5.41, 5.74) is 0.857. The Kier molecular flexibility index (Phi) is 5.87. The Morgan fingerprint density at radius 2 is 2.00 bits per heavy atom. The van der Waals surface area contributed by atoms with E-state index in [1.165, 1.54) is 19.3 Å². The van der Waals surface area contributed by atoms with Crippen molar-refractivity contribution in [2.75, 3.05) is 14.2 Å². The number of nitrogens with one attached hydrogen (secondary N) is 1. The van der Waals surface area contributed by atoms with Crippen molar-refractivity contribution in [3.8, 4) is 11.5 Å². The van der Waals surface area contributed by atoms with Gasteiger partial charge in [0.15, 0.2) is 0 Å². The quantitative estimate of drug-likeness (QED) is 0.848. The van der Waals surface area contributed by atoms with Gasteiger partial charge in [0.25, 0.3) is 0 Å². The smallest absolute Gasteiger partial charge is 0.244 e. The molecule has 1 N–H and O–H groups in total. The van der Waals surface area contributed by atoms with Crippen molar-refractivity contribution >= 4 is 12.0 Å². The van der Waals surface area contributed by atoms with Crippen molar-refractivity contribution in [2.45, 2.75) is 38.6 Å². The SMILES string of the molecule is COc1ccc(/C=C/C(=O)N[C@@H]2CCCC[C@H]2C)c(OC)c1. The van der Waals surface area contributed by atoms with Crippen LogP contribution in [-0.4, -0.2) is 26.2 Å². The van der Waals surface area contributed by atoms with E-state index in [1.54, 1.807) is 32.4 Å². The summed E-state index contributed by atoms with van der Waals surface area (Å²) in [5, 5.41) is 3.11. The first-order valence-corrected chi connectivity index (χ1v) is 7.84. The first-order valence-electron chi connectivity index (χ1n) is 7.84. The minimum absolute atomic E-state index is 0.0448. The highest BCUT2D eigenvalue weighted by atomic mass is 16.5. The molecule has 4 nitrogen and oxygen atoms in total. The highest BCUT2D eigenvalue weighted by Gasteiger charge is 2.21. The van der Waals surface area contributed by atoms with Gasteiger partial charge in [-0.3, -0.25) is 4.79 Å². The minimum atomic E-state index is -0.0448. The average Bonchev–Trinajstić information content (AvgIpc) is 2.55. The lowest BCUT2D eigenvalue weighted by Crippen LogP contribution is -2.40. The van der Waals surface area contributed by atoms with Gasteiger partial charge in [-0.25, -0.2) is 0 Å². The lowest BCUT2D eigenvalue weighted by atomic mass is 9.86. The summed E-state index contributed by atoms with van der Waals surface area (Å²) in [5.74, 6) is 1.93. The monoisotopic (exact) mass is 303 g/mol. The number of benzene rings is 1. The Labute approximate surface area is 132 Å². The summed E-state index contributed by atoms with van der Waals surface area (Å²) < 4.78 is 10.5. The number of methoxy groups -OCH3 is 2. The Bertz CT molecular complexity index is 539. The summed E-state index contributed by atoms with van der Waals surface area (Å²) >= 11 is 0. The lowest BCUT2D eigenvalue weighted by molar-refractivity contribution is -0.117. The number of hydrogen-bond acceptors (Lipinski definition) is 3. The van der Waals surface area contributed by atoms with Crippen LogP contribution in [-0.2, 0) is 4.79 Å². The van der Waals surface area contributed by atoms with Gasteiger partial charge >= 0.3 is 0 Å². The van der Waals surface area contributed by atoms with E-state index in [2.05, 4.69) is 12.2 Å². The Balaban J connectivity index is 2.00. The third-order valence-electron chi connectivity index (χ3n) is 4.29. The van der Waals surface area contributed by atoms with Gasteiger partial charge in [-0.1, -0.05) is 19.8 Å². The molecular formula is C18H25NO3. The molecule has 1 aromatic rings. The van der Waals surface area contributed by atoms with Crippen molar-refractivity contribution in [1.82, 2.24) is 5.32 Å². The molecule has 120 valence electrons. The van der Waals surface area contributed by atoms with E-state index in [0.29, 0.717) is 17.7 Å². The molecule has 2 rings (SSSR count). The van der Waals surface area contributed by atoms with Crippen LogP contribution in [0.4, 0.5) is 0 Å². The predicted octanol–water partition coefficient (Wildman–Crippen LogP) is 3.41. The van der Waals surface area contributed by atoms with E-state index in [4.69, 9.17) is 9.47 Å². The van der Waals surface area contributed by atoms with E-state index in [-0.39, 0.29) is 5.91 Å². The molecule has 0 heterocycles. The molecule has 2 atom stereocenters. The Morgan fingerprint density at radius 3 is 2.68 bits per heavy atom. The van der Waals surface area contributed by atoms with Gasteiger partial charge in [0.1, 0.15) is 11.5 Å². The molecule has 0 aliphatic heterocycles. The fourth-order valence-electron chi connectivity index (χ4n) is 2.88. The second-order valence-electron chi connectivity index (χ2n) is 5.82. The van der Waals surface area contributed by atoms with E-state index >= 15 is 0 Å². The number of ether oxygens (including phenoxy) is 2.